The van der Waals surface area contributed by atoms with Crippen LogP contribution in [0.2, 0.25) is 0 Å². The van der Waals surface area contributed by atoms with Crippen molar-refractivity contribution in [1.82, 2.24) is 25.1 Å². The van der Waals surface area contributed by atoms with Crippen molar-refractivity contribution in [2.24, 2.45) is 5.92 Å². The van der Waals surface area contributed by atoms with Gasteiger partial charge in [0.15, 0.2) is 5.82 Å². The molecule has 0 atom stereocenters. The third-order valence-corrected chi connectivity index (χ3v) is 5.40. The van der Waals surface area contributed by atoms with Crippen molar-refractivity contribution in [2.75, 3.05) is 26.9 Å². The van der Waals surface area contributed by atoms with Gasteiger partial charge in [0.2, 0.25) is 11.8 Å². The van der Waals surface area contributed by atoms with Crippen LogP contribution in [0.1, 0.15) is 29.6 Å². The molecular weight excluding hydrogens is 398 g/mol. The van der Waals surface area contributed by atoms with E-state index in [4.69, 9.17) is 9.47 Å². The first-order valence-corrected chi connectivity index (χ1v) is 10.3. The van der Waals surface area contributed by atoms with E-state index in [1.54, 1.807) is 36.7 Å². The number of methoxy groups -OCH3 is 1. The van der Waals surface area contributed by atoms with E-state index in [9.17, 15) is 9.90 Å². The molecule has 2 N–H and O–H groups in total. The van der Waals surface area contributed by atoms with Crippen molar-refractivity contribution >= 4 is 5.91 Å². The Morgan fingerprint density at radius 1 is 1.26 bits per heavy atom. The summed E-state index contributed by atoms with van der Waals surface area (Å²) in [6.45, 7) is 2.24. The lowest BCUT2D eigenvalue weighted by Crippen LogP contribution is -2.27. The number of amides is 1. The average molecular weight is 423 g/mol. The molecule has 4 rings (SSSR count). The molecule has 9 nitrogen and oxygen atoms in total. The Hall–Kier alpha value is -3.46. The second kappa shape index (κ2) is 9.57. The molecule has 1 amide bonds. The highest BCUT2D eigenvalue weighted by Crippen LogP contribution is 2.31. The van der Waals surface area contributed by atoms with E-state index in [-0.39, 0.29) is 11.8 Å². The van der Waals surface area contributed by atoms with Gasteiger partial charge in [-0.3, -0.25) is 4.79 Å². The van der Waals surface area contributed by atoms with Gasteiger partial charge in [-0.2, -0.15) is 9.78 Å². The molecule has 0 aliphatic carbocycles. The van der Waals surface area contributed by atoms with Crippen LogP contribution >= 0.6 is 0 Å². The van der Waals surface area contributed by atoms with E-state index in [0.29, 0.717) is 35.3 Å². The molecule has 0 spiro atoms. The van der Waals surface area contributed by atoms with Gasteiger partial charge in [0, 0.05) is 38.2 Å². The van der Waals surface area contributed by atoms with Crippen molar-refractivity contribution in [2.45, 2.75) is 19.3 Å². The molecule has 1 aliphatic rings. The van der Waals surface area contributed by atoms with E-state index in [1.165, 1.54) is 18.0 Å². The highest BCUT2D eigenvalue weighted by Gasteiger charge is 2.16. The first-order chi connectivity index (χ1) is 15.2. The van der Waals surface area contributed by atoms with Crippen molar-refractivity contribution in [3.63, 3.8) is 0 Å². The second-order valence-electron chi connectivity index (χ2n) is 7.39. The normalized spacial score (nSPS) is 14.4. The minimum absolute atomic E-state index is 0.0607. The molecule has 31 heavy (non-hydrogen) atoms. The van der Waals surface area contributed by atoms with Crippen LogP contribution < -0.4 is 10.1 Å². The van der Waals surface area contributed by atoms with Gasteiger partial charge in [0.1, 0.15) is 0 Å². The standard InChI is InChI=1S/C22H25N5O4/c1-30-20-12-16(5-9-23-20)18-14-26-27(22(18)29)19-3-2-17(13-25-19)21(28)24-8-4-15-6-10-31-11-7-15/h2-3,5,9,12-15,29H,4,6-8,10-11H2,1H3,(H,24,28). The fraction of sp³-hybridized carbons (Fsp3) is 0.364. The molecule has 0 bridgehead atoms. The molecule has 0 saturated carbocycles. The molecule has 1 aliphatic heterocycles. The Balaban J connectivity index is 1.41. The third kappa shape index (κ3) is 4.83. The van der Waals surface area contributed by atoms with Gasteiger partial charge < -0.3 is 19.9 Å². The summed E-state index contributed by atoms with van der Waals surface area (Å²) in [6, 6.07) is 6.78. The molecule has 3 aromatic heterocycles. The molecule has 3 aromatic rings. The van der Waals surface area contributed by atoms with Gasteiger partial charge in [-0.25, -0.2) is 9.97 Å². The first kappa shape index (κ1) is 20.8. The zero-order valence-corrected chi connectivity index (χ0v) is 17.3. The Bertz CT molecular complexity index is 1030. The fourth-order valence-electron chi connectivity index (χ4n) is 3.57. The van der Waals surface area contributed by atoms with Crippen LogP contribution in [0.4, 0.5) is 0 Å². The Morgan fingerprint density at radius 2 is 2.10 bits per heavy atom. The summed E-state index contributed by atoms with van der Waals surface area (Å²) in [5.74, 6) is 1.22. The van der Waals surface area contributed by atoms with Gasteiger partial charge in [-0.1, -0.05) is 0 Å². The summed E-state index contributed by atoms with van der Waals surface area (Å²) in [5.41, 5.74) is 1.70. The van der Waals surface area contributed by atoms with E-state index in [1.807, 2.05) is 0 Å². The number of aromatic hydroxyl groups is 1. The lowest BCUT2D eigenvalue weighted by atomic mass is 9.97. The second-order valence-corrected chi connectivity index (χ2v) is 7.39. The van der Waals surface area contributed by atoms with Gasteiger partial charge >= 0.3 is 0 Å². The molecule has 0 aromatic carbocycles. The molecule has 162 valence electrons. The maximum absolute atomic E-state index is 12.4. The van der Waals surface area contributed by atoms with Crippen molar-refractivity contribution in [3.8, 4) is 28.7 Å². The largest absolute Gasteiger partial charge is 0.493 e. The lowest BCUT2D eigenvalue weighted by molar-refractivity contribution is 0.0636. The first-order valence-electron chi connectivity index (χ1n) is 10.3. The summed E-state index contributed by atoms with van der Waals surface area (Å²) in [7, 11) is 1.53. The summed E-state index contributed by atoms with van der Waals surface area (Å²) in [5, 5.41) is 17.8. The van der Waals surface area contributed by atoms with Gasteiger partial charge in [0.05, 0.1) is 24.4 Å². The predicted octanol–water partition coefficient (Wildman–Crippen LogP) is 2.59. The number of ether oxygens (including phenoxy) is 2. The Kier molecular flexibility index (Phi) is 6.42. The SMILES string of the molecule is COc1cc(-c2cnn(-c3ccc(C(=O)NCCC4CCOCC4)cn3)c2O)ccn1. The summed E-state index contributed by atoms with van der Waals surface area (Å²) in [6.07, 6.45) is 7.67. The smallest absolute Gasteiger partial charge is 0.252 e. The number of nitrogens with zero attached hydrogens (tertiary/aromatic N) is 4. The predicted molar refractivity (Wildman–Crippen MR) is 113 cm³/mol. The number of rotatable bonds is 7. The molecule has 1 saturated heterocycles. The van der Waals surface area contributed by atoms with Crippen LogP contribution in [0.5, 0.6) is 11.8 Å². The average Bonchev–Trinajstić information content (AvgIpc) is 3.21. The van der Waals surface area contributed by atoms with Crippen molar-refractivity contribution in [1.29, 1.82) is 0 Å². The quantitative estimate of drug-likeness (QED) is 0.601. The van der Waals surface area contributed by atoms with Crippen LogP contribution in [0, 0.1) is 5.92 Å². The minimum atomic E-state index is -0.166. The Morgan fingerprint density at radius 3 is 2.84 bits per heavy atom. The van der Waals surface area contributed by atoms with Crippen LogP contribution in [0.15, 0.2) is 42.9 Å². The summed E-state index contributed by atoms with van der Waals surface area (Å²) >= 11 is 0. The molecule has 9 heteroatoms. The highest BCUT2D eigenvalue weighted by atomic mass is 16.5. The van der Waals surface area contributed by atoms with E-state index in [0.717, 1.165) is 38.0 Å². The summed E-state index contributed by atoms with van der Waals surface area (Å²) in [4.78, 5) is 20.7. The molecular formula is C22H25N5O4. The molecule has 0 unspecified atom stereocenters. The third-order valence-electron chi connectivity index (χ3n) is 5.40. The topological polar surface area (TPSA) is 111 Å². The minimum Gasteiger partial charge on any atom is -0.493 e. The zero-order chi connectivity index (χ0) is 21.6. The number of carbonyl (C=O) groups is 1. The number of hydrogen-bond donors (Lipinski definition) is 2. The fourth-order valence-corrected chi connectivity index (χ4v) is 3.57. The highest BCUT2D eigenvalue weighted by molar-refractivity contribution is 5.93. The van der Waals surface area contributed by atoms with E-state index >= 15 is 0 Å². The van der Waals surface area contributed by atoms with Crippen LogP contribution in [0.3, 0.4) is 0 Å². The van der Waals surface area contributed by atoms with Crippen molar-refractivity contribution < 1.29 is 19.4 Å². The van der Waals surface area contributed by atoms with Crippen LogP contribution in [-0.4, -0.2) is 57.6 Å². The van der Waals surface area contributed by atoms with Crippen LogP contribution in [0.25, 0.3) is 16.9 Å². The number of carbonyl (C=O) groups excluding carboxylic acids is 1. The molecule has 0 radical (unpaired) electrons. The zero-order valence-electron chi connectivity index (χ0n) is 17.3. The monoisotopic (exact) mass is 423 g/mol. The van der Waals surface area contributed by atoms with E-state index < -0.39 is 0 Å². The van der Waals surface area contributed by atoms with Crippen LogP contribution in [-0.2, 0) is 4.74 Å². The maximum atomic E-state index is 12.4. The summed E-state index contributed by atoms with van der Waals surface area (Å²) < 4.78 is 11.8. The van der Waals surface area contributed by atoms with E-state index in [2.05, 4.69) is 20.4 Å². The number of hydrogen-bond acceptors (Lipinski definition) is 7. The van der Waals surface area contributed by atoms with Crippen molar-refractivity contribution in [3.05, 3.63) is 48.4 Å². The lowest BCUT2D eigenvalue weighted by Gasteiger charge is -2.21. The van der Waals surface area contributed by atoms with Gasteiger partial charge in [-0.15, -0.1) is 0 Å². The maximum Gasteiger partial charge on any atom is 0.252 e. The number of nitrogens with one attached hydrogen (secondary N) is 1. The Labute approximate surface area is 180 Å². The molecule has 4 heterocycles. The van der Waals surface area contributed by atoms with Gasteiger partial charge in [0.25, 0.3) is 5.91 Å². The molecule has 1 fully saturated rings. The number of aromatic nitrogens is 4. The number of pyridine rings is 2. The van der Waals surface area contributed by atoms with Gasteiger partial charge in [-0.05, 0) is 48.9 Å².